The number of nitrogens with zero attached hydrogens (tertiary/aromatic N) is 2. The van der Waals surface area contributed by atoms with E-state index < -0.39 is 21.9 Å². The van der Waals surface area contributed by atoms with Gasteiger partial charge in [-0.3, -0.25) is 9.52 Å². The number of nitrogens with one attached hydrogen (secondary N) is 2. The van der Waals surface area contributed by atoms with Crippen LogP contribution in [0.15, 0.2) is 40.8 Å². The molecule has 51 heavy (non-hydrogen) atoms. The summed E-state index contributed by atoms with van der Waals surface area (Å²) in [5, 5.41) is 3.74. The summed E-state index contributed by atoms with van der Waals surface area (Å²) in [6, 6.07) is 11.1. The number of fused-ring (bicyclic) bond motifs is 3. The van der Waals surface area contributed by atoms with E-state index in [1.165, 1.54) is 11.1 Å². The lowest BCUT2D eigenvalue weighted by Gasteiger charge is -2.69. The minimum absolute atomic E-state index is 0.0219. The topological polar surface area (TPSA) is 119 Å². The fraction of sp³-hybridized carbons (Fsp3) is 0.641. The highest BCUT2D eigenvalue weighted by molar-refractivity contribution is 7.92. The van der Waals surface area contributed by atoms with Gasteiger partial charge in [-0.15, -0.1) is 4.36 Å². The molecule has 2 bridgehead atoms. The van der Waals surface area contributed by atoms with Crippen LogP contribution in [0.1, 0.15) is 93.6 Å². The smallest absolute Gasteiger partial charge is 0.327 e. The standard InChI is InChI=1S/C39H53ClN4O6S/c1-6-25(2)19-51(47,43-36(46)41-38-20-39(21-38,22-38)49-5)42-35(45)28-10-14-34-33(17-28)44(18-29-9-12-31(29)26(3)48-4)23-37(24-50-34)15-7-8-27-16-30(40)11-13-32(27)37/h10-11,13-14,16-17,25-26,29,31H,6-9,12,15,18-24H2,1-5H3,(H2,41,42,43,45,46,47)/t25-,26-,29-,31-,37-,38?,39?,51?/m0/s1. The second kappa shape index (κ2) is 13.8. The Hall–Kier alpha value is -2.86. The van der Waals surface area contributed by atoms with Gasteiger partial charge in [0.05, 0.1) is 35.3 Å². The van der Waals surface area contributed by atoms with E-state index in [-0.39, 0.29) is 34.3 Å². The van der Waals surface area contributed by atoms with Crippen LogP contribution in [-0.4, -0.2) is 73.1 Å². The summed E-state index contributed by atoms with van der Waals surface area (Å²) in [6.07, 6.45) is 8.31. The number of rotatable bonds is 11. The molecule has 6 atom stereocenters. The normalized spacial score (nSPS) is 31.1. The molecule has 1 unspecified atom stereocenters. The van der Waals surface area contributed by atoms with Crippen LogP contribution in [0.4, 0.5) is 10.5 Å². The maximum absolute atomic E-state index is 14.3. The number of benzene rings is 2. The van der Waals surface area contributed by atoms with Crippen LogP contribution in [0.5, 0.6) is 5.75 Å². The number of urea groups is 1. The molecule has 6 aliphatic rings. The average Bonchev–Trinajstić information content (AvgIpc) is 3.20. The molecule has 4 saturated carbocycles. The van der Waals surface area contributed by atoms with Gasteiger partial charge in [0.2, 0.25) is 0 Å². The molecule has 10 nitrogen and oxygen atoms in total. The lowest BCUT2D eigenvalue weighted by atomic mass is 9.46. The van der Waals surface area contributed by atoms with E-state index in [0.717, 1.165) is 81.6 Å². The first-order valence-corrected chi connectivity index (χ1v) is 20.7. The van der Waals surface area contributed by atoms with E-state index >= 15 is 0 Å². The maximum Gasteiger partial charge on any atom is 0.327 e. The number of hydrogen-bond donors (Lipinski definition) is 2. The van der Waals surface area contributed by atoms with E-state index in [0.29, 0.717) is 29.8 Å². The van der Waals surface area contributed by atoms with Gasteiger partial charge in [-0.1, -0.05) is 37.9 Å². The van der Waals surface area contributed by atoms with Crippen molar-refractivity contribution in [3.63, 3.8) is 0 Å². The average molecular weight is 741 g/mol. The van der Waals surface area contributed by atoms with E-state index in [1.807, 2.05) is 32.0 Å². The zero-order valence-electron chi connectivity index (χ0n) is 30.6. The number of halogens is 1. The third kappa shape index (κ3) is 7.00. The van der Waals surface area contributed by atoms with Crippen molar-refractivity contribution in [2.24, 2.45) is 22.1 Å². The summed E-state index contributed by atoms with van der Waals surface area (Å²) >= 11 is 6.45. The van der Waals surface area contributed by atoms with Gasteiger partial charge in [0.25, 0.3) is 5.91 Å². The van der Waals surface area contributed by atoms with Crippen molar-refractivity contribution in [2.45, 2.75) is 101 Å². The molecule has 0 aromatic heterocycles. The Morgan fingerprint density at radius 3 is 2.61 bits per heavy atom. The highest BCUT2D eigenvalue weighted by atomic mass is 35.5. The van der Waals surface area contributed by atoms with Crippen molar-refractivity contribution >= 4 is 39.1 Å². The van der Waals surface area contributed by atoms with Crippen molar-refractivity contribution in [2.75, 3.05) is 44.6 Å². The monoisotopic (exact) mass is 740 g/mol. The quantitative estimate of drug-likeness (QED) is 0.253. The van der Waals surface area contributed by atoms with Gasteiger partial charge >= 0.3 is 6.03 Å². The third-order valence-corrected chi connectivity index (χ3v) is 14.9. The van der Waals surface area contributed by atoms with Crippen LogP contribution in [-0.2, 0) is 31.2 Å². The third-order valence-electron chi connectivity index (χ3n) is 12.7. The van der Waals surface area contributed by atoms with E-state index in [4.69, 9.17) is 25.8 Å². The Labute approximate surface area is 308 Å². The fourth-order valence-corrected chi connectivity index (χ4v) is 11.5. The summed E-state index contributed by atoms with van der Waals surface area (Å²) in [5.74, 6) is 1.02. The molecule has 12 heteroatoms. The van der Waals surface area contributed by atoms with Crippen molar-refractivity contribution < 1.29 is 28.0 Å². The Morgan fingerprint density at radius 1 is 1.14 bits per heavy atom. The molecule has 2 aromatic carbocycles. The van der Waals surface area contributed by atoms with Crippen molar-refractivity contribution in [3.05, 3.63) is 58.1 Å². The Balaban J connectivity index is 1.19. The molecule has 5 aliphatic carbocycles. The van der Waals surface area contributed by atoms with Crippen LogP contribution in [0.3, 0.4) is 0 Å². The number of hydrogen-bond acceptors (Lipinski definition) is 7. The van der Waals surface area contributed by atoms with Crippen LogP contribution in [0.25, 0.3) is 0 Å². The largest absolute Gasteiger partial charge is 0.490 e. The molecule has 1 spiro atoms. The number of ether oxygens (including phenoxy) is 3. The van der Waals surface area contributed by atoms with Gasteiger partial charge in [0.1, 0.15) is 15.7 Å². The van der Waals surface area contributed by atoms with Crippen LogP contribution >= 0.6 is 11.6 Å². The fourth-order valence-electron chi connectivity index (χ4n) is 9.39. The van der Waals surface area contributed by atoms with Crippen LogP contribution < -0.4 is 19.7 Å². The number of amides is 3. The van der Waals surface area contributed by atoms with E-state index in [1.54, 1.807) is 20.3 Å². The first kappa shape index (κ1) is 36.5. The molecule has 278 valence electrons. The van der Waals surface area contributed by atoms with Crippen LogP contribution in [0, 0.1) is 17.8 Å². The molecule has 3 amide bonds. The molecule has 2 aromatic rings. The zero-order chi connectivity index (χ0) is 36.2. The summed E-state index contributed by atoms with van der Waals surface area (Å²) < 4.78 is 39.2. The minimum atomic E-state index is -3.43. The highest BCUT2D eigenvalue weighted by Gasteiger charge is 2.69. The molecule has 4 fully saturated rings. The summed E-state index contributed by atoms with van der Waals surface area (Å²) in [5.41, 5.74) is 2.96. The van der Waals surface area contributed by atoms with E-state index in [9.17, 15) is 13.8 Å². The number of carbonyl (C=O) groups is 2. The Bertz CT molecular complexity index is 1790. The van der Waals surface area contributed by atoms with Gasteiger partial charge in [-0.2, -0.15) is 0 Å². The minimum Gasteiger partial charge on any atom is -0.490 e. The number of anilines is 1. The van der Waals surface area contributed by atoms with Gasteiger partial charge in [-0.05, 0) is 118 Å². The maximum atomic E-state index is 14.3. The Morgan fingerprint density at radius 2 is 1.92 bits per heavy atom. The number of aryl methyl sites for hydroxylation is 1. The lowest BCUT2D eigenvalue weighted by molar-refractivity contribution is -0.233. The van der Waals surface area contributed by atoms with Gasteiger partial charge in [0, 0.05) is 43.3 Å². The summed E-state index contributed by atoms with van der Waals surface area (Å²) in [6.45, 7) is 8.13. The SMILES string of the molecule is CC[C@H](C)CS(=O)(=NC(=O)c1ccc2c(c1)N(C[C@@H]1CC[C@H]1[C@H](C)OC)C[C@@]1(CCCc3cc(Cl)ccc31)CO2)NC(=O)NC12CC(OC)(C1)C2. The first-order valence-electron chi connectivity index (χ1n) is 18.6. The molecular formula is C39H53ClN4O6S. The lowest BCUT2D eigenvalue weighted by Crippen LogP contribution is -2.80. The van der Waals surface area contributed by atoms with Gasteiger partial charge in [0.15, 0.2) is 0 Å². The first-order chi connectivity index (χ1) is 24.3. The molecular weight excluding hydrogens is 688 g/mol. The van der Waals surface area contributed by atoms with Crippen LogP contribution in [0.2, 0.25) is 5.02 Å². The Kier molecular flexibility index (Phi) is 9.91. The predicted molar refractivity (Wildman–Crippen MR) is 200 cm³/mol. The molecule has 8 rings (SSSR count). The van der Waals surface area contributed by atoms with Crippen molar-refractivity contribution in [1.82, 2.24) is 10.0 Å². The second-order valence-electron chi connectivity index (χ2n) is 16.2. The van der Waals surface area contributed by atoms with Crippen molar-refractivity contribution in [1.29, 1.82) is 0 Å². The molecule has 0 saturated heterocycles. The second-order valence-corrected chi connectivity index (χ2v) is 18.6. The zero-order valence-corrected chi connectivity index (χ0v) is 32.2. The molecule has 2 N–H and O–H groups in total. The summed E-state index contributed by atoms with van der Waals surface area (Å²) in [4.78, 5) is 29.6. The van der Waals surface area contributed by atoms with Gasteiger partial charge < -0.3 is 24.4 Å². The van der Waals surface area contributed by atoms with E-state index in [2.05, 4.69) is 38.4 Å². The summed E-state index contributed by atoms with van der Waals surface area (Å²) in [7, 11) is 0.0383. The molecule has 1 aliphatic heterocycles. The number of methoxy groups -OCH3 is 2. The molecule has 1 heterocycles. The van der Waals surface area contributed by atoms with Crippen molar-refractivity contribution in [3.8, 4) is 5.75 Å². The molecule has 0 radical (unpaired) electrons. The number of carbonyl (C=O) groups excluding carboxylic acids is 2. The highest BCUT2D eigenvalue weighted by Crippen LogP contribution is 2.62. The predicted octanol–water partition coefficient (Wildman–Crippen LogP) is 7.06. The van der Waals surface area contributed by atoms with Gasteiger partial charge in [-0.25, -0.2) is 9.00 Å².